The maximum Gasteiger partial charge on any atom is 0.226 e. The van der Waals surface area contributed by atoms with Crippen molar-refractivity contribution in [2.45, 2.75) is 26.3 Å². The van der Waals surface area contributed by atoms with Crippen LogP contribution < -0.4 is 5.32 Å². The number of aromatic amines is 1. The summed E-state index contributed by atoms with van der Waals surface area (Å²) >= 11 is 7.74. The molecule has 148 valence electrons. The molecule has 0 spiro atoms. The van der Waals surface area contributed by atoms with Crippen LogP contribution in [-0.4, -0.2) is 20.9 Å². The van der Waals surface area contributed by atoms with Crippen LogP contribution in [0.25, 0.3) is 21.6 Å². The lowest BCUT2D eigenvalue weighted by atomic mass is 10.0. The zero-order valence-corrected chi connectivity index (χ0v) is 17.7. The van der Waals surface area contributed by atoms with Crippen LogP contribution >= 0.6 is 22.9 Å². The van der Waals surface area contributed by atoms with Gasteiger partial charge in [-0.15, -0.1) is 11.3 Å². The average Bonchev–Trinajstić information content (AvgIpc) is 3.33. The number of hydrogen-bond acceptors (Lipinski definition) is 4. The van der Waals surface area contributed by atoms with Crippen LogP contribution in [-0.2, 0) is 11.2 Å². The average molecular weight is 425 g/mol. The monoisotopic (exact) mass is 424 g/mol. The molecule has 0 bridgehead atoms. The molecular formula is C22H21ClN4OS. The van der Waals surface area contributed by atoms with Crippen molar-refractivity contribution in [1.29, 1.82) is 0 Å². The van der Waals surface area contributed by atoms with Gasteiger partial charge in [0.25, 0.3) is 0 Å². The molecule has 4 rings (SSSR count). The van der Waals surface area contributed by atoms with Gasteiger partial charge in [-0.1, -0.05) is 55.8 Å². The Balaban J connectivity index is 1.48. The van der Waals surface area contributed by atoms with Crippen molar-refractivity contribution in [3.05, 3.63) is 70.5 Å². The van der Waals surface area contributed by atoms with Crippen LogP contribution in [0.2, 0.25) is 5.02 Å². The normalized spacial score (nSPS) is 12.4. The number of thiazole rings is 1. The van der Waals surface area contributed by atoms with E-state index in [1.165, 1.54) is 11.3 Å². The molecule has 4 aromatic rings. The first-order valence-electron chi connectivity index (χ1n) is 9.44. The number of carbonyl (C=O) groups is 1. The third-order valence-electron chi connectivity index (χ3n) is 4.68. The Kier molecular flexibility index (Phi) is 5.65. The van der Waals surface area contributed by atoms with Crippen LogP contribution in [0, 0.1) is 5.92 Å². The first-order valence-corrected chi connectivity index (χ1v) is 10.7. The summed E-state index contributed by atoms with van der Waals surface area (Å²) in [6, 6.07) is 15.2. The lowest BCUT2D eigenvalue weighted by molar-refractivity contribution is -0.121. The van der Waals surface area contributed by atoms with Gasteiger partial charge >= 0.3 is 0 Å². The number of aromatic nitrogens is 3. The van der Waals surface area contributed by atoms with E-state index >= 15 is 0 Å². The highest BCUT2D eigenvalue weighted by Gasteiger charge is 2.22. The third-order valence-corrected chi connectivity index (χ3v) is 5.94. The summed E-state index contributed by atoms with van der Waals surface area (Å²) < 4.78 is 0. The van der Waals surface area contributed by atoms with Gasteiger partial charge in [0, 0.05) is 10.9 Å². The number of nitrogens with zero attached hydrogens (tertiary/aromatic N) is 2. The molecule has 5 nitrogen and oxygen atoms in total. The van der Waals surface area contributed by atoms with Crippen molar-refractivity contribution in [3.8, 4) is 10.6 Å². The Morgan fingerprint density at radius 1 is 1.14 bits per heavy atom. The van der Waals surface area contributed by atoms with E-state index in [-0.39, 0.29) is 24.3 Å². The van der Waals surface area contributed by atoms with Gasteiger partial charge in [0.15, 0.2) is 0 Å². The molecule has 2 N–H and O–H groups in total. The molecule has 7 heteroatoms. The molecular weight excluding hydrogens is 404 g/mol. The van der Waals surface area contributed by atoms with Crippen molar-refractivity contribution < 1.29 is 4.79 Å². The van der Waals surface area contributed by atoms with Crippen molar-refractivity contribution >= 4 is 39.9 Å². The summed E-state index contributed by atoms with van der Waals surface area (Å²) in [6.45, 7) is 4.13. The predicted molar refractivity (Wildman–Crippen MR) is 118 cm³/mol. The molecule has 0 saturated carbocycles. The lowest BCUT2D eigenvalue weighted by Crippen LogP contribution is -2.33. The minimum absolute atomic E-state index is 0.0832. The largest absolute Gasteiger partial charge is 0.346 e. The van der Waals surface area contributed by atoms with Crippen molar-refractivity contribution in [3.63, 3.8) is 0 Å². The number of imidazole rings is 1. The molecule has 0 radical (unpaired) electrons. The van der Waals surface area contributed by atoms with Gasteiger partial charge < -0.3 is 10.3 Å². The van der Waals surface area contributed by atoms with Crippen molar-refractivity contribution in [2.24, 2.45) is 5.92 Å². The number of benzene rings is 2. The summed E-state index contributed by atoms with van der Waals surface area (Å²) in [6.07, 6.45) is 0.213. The Labute approximate surface area is 178 Å². The van der Waals surface area contributed by atoms with Gasteiger partial charge in [-0.25, -0.2) is 9.97 Å². The smallest absolute Gasteiger partial charge is 0.226 e. The number of nitrogens with one attached hydrogen (secondary N) is 2. The van der Waals surface area contributed by atoms with Crippen LogP contribution in [0.4, 0.5) is 0 Å². The summed E-state index contributed by atoms with van der Waals surface area (Å²) in [5.74, 6) is 0.874. The molecule has 0 fully saturated rings. The predicted octanol–water partition coefficient (Wildman–Crippen LogP) is 5.40. The van der Waals surface area contributed by atoms with Gasteiger partial charge in [-0.3, -0.25) is 4.79 Å². The highest BCUT2D eigenvalue weighted by Crippen LogP contribution is 2.30. The number of para-hydroxylation sites is 2. The van der Waals surface area contributed by atoms with E-state index in [4.69, 9.17) is 11.6 Å². The van der Waals surface area contributed by atoms with E-state index in [0.717, 1.165) is 33.1 Å². The number of halogens is 1. The molecule has 1 amide bonds. The number of rotatable bonds is 6. The number of carbonyl (C=O) groups excluding carboxylic acids is 1. The Bertz CT molecular complexity index is 1120. The minimum atomic E-state index is -0.198. The van der Waals surface area contributed by atoms with Crippen LogP contribution in [0.15, 0.2) is 53.9 Å². The number of hydrogen-bond donors (Lipinski definition) is 2. The fourth-order valence-corrected chi connectivity index (χ4v) is 4.35. The van der Waals surface area contributed by atoms with Crippen LogP contribution in [0.3, 0.4) is 0 Å². The van der Waals surface area contributed by atoms with Crippen molar-refractivity contribution in [2.75, 3.05) is 0 Å². The molecule has 0 saturated heterocycles. The highest BCUT2D eigenvalue weighted by atomic mass is 35.5. The second kappa shape index (κ2) is 8.35. The molecule has 1 atom stereocenters. The quantitative estimate of drug-likeness (QED) is 0.435. The molecule has 0 aliphatic carbocycles. The van der Waals surface area contributed by atoms with E-state index < -0.39 is 0 Å². The van der Waals surface area contributed by atoms with E-state index in [1.54, 1.807) is 0 Å². The fourth-order valence-electron chi connectivity index (χ4n) is 3.21. The summed E-state index contributed by atoms with van der Waals surface area (Å²) in [5, 5.41) is 6.49. The number of fused-ring (bicyclic) bond motifs is 1. The van der Waals surface area contributed by atoms with Gasteiger partial charge in [0.1, 0.15) is 10.8 Å². The maximum absolute atomic E-state index is 12.7. The lowest BCUT2D eigenvalue weighted by Gasteiger charge is -2.20. The van der Waals surface area contributed by atoms with Gasteiger partial charge in [0.2, 0.25) is 5.91 Å². The number of amides is 1. The van der Waals surface area contributed by atoms with Crippen LogP contribution in [0.1, 0.15) is 31.4 Å². The topological polar surface area (TPSA) is 70.7 Å². The molecule has 29 heavy (non-hydrogen) atoms. The SMILES string of the molecule is CC(C)C(NC(=O)Cc1csc(-c2ccccc2Cl)n1)c1nc2ccccc2[nH]1. The minimum Gasteiger partial charge on any atom is -0.346 e. The highest BCUT2D eigenvalue weighted by molar-refractivity contribution is 7.13. The summed E-state index contributed by atoms with van der Waals surface area (Å²) in [5.41, 5.74) is 3.47. The second-order valence-electron chi connectivity index (χ2n) is 7.23. The second-order valence-corrected chi connectivity index (χ2v) is 8.49. The van der Waals surface area contributed by atoms with E-state index in [2.05, 4.69) is 34.1 Å². The third kappa shape index (κ3) is 4.33. The number of H-pyrrole nitrogens is 1. The van der Waals surface area contributed by atoms with E-state index in [9.17, 15) is 4.79 Å². The van der Waals surface area contributed by atoms with Crippen LogP contribution in [0.5, 0.6) is 0 Å². The van der Waals surface area contributed by atoms with Crippen molar-refractivity contribution in [1.82, 2.24) is 20.3 Å². The Hall–Kier alpha value is -2.70. The van der Waals surface area contributed by atoms with E-state index in [0.29, 0.717) is 5.02 Å². The molecule has 2 aromatic carbocycles. The van der Waals surface area contributed by atoms with Gasteiger partial charge in [-0.2, -0.15) is 0 Å². The fraction of sp³-hybridized carbons (Fsp3) is 0.227. The molecule has 1 unspecified atom stereocenters. The summed E-state index contributed by atoms with van der Waals surface area (Å²) in [7, 11) is 0. The van der Waals surface area contributed by atoms with E-state index in [1.807, 2.05) is 53.9 Å². The maximum atomic E-state index is 12.7. The first-order chi connectivity index (χ1) is 14.0. The van der Waals surface area contributed by atoms with Gasteiger partial charge in [0.05, 0.1) is 34.2 Å². The molecule has 0 aliphatic heterocycles. The molecule has 2 heterocycles. The molecule has 2 aromatic heterocycles. The first kappa shape index (κ1) is 19.6. The Morgan fingerprint density at radius 2 is 1.90 bits per heavy atom. The Morgan fingerprint density at radius 3 is 2.66 bits per heavy atom. The zero-order valence-electron chi connectivity index (χ0n) is 16.1. The molecule has 0 aliphatic rings. The standard InChI is InChI=1S/C22H21ClN4OS/c1-13(2)20(21-25-17-9-5-6-10-18(17)26-21)27-19(28)11-14-12-29-22(24-14)15-7-3-4-8-16(15)23/h3-10,12-13,20H,11H2,1-2H3,(H,25,26)(H,27,28). The van der Waals surface area contributed by atoms with Gasteiger partial charge in [-0.05, 0) is 24.1 Å². The summed E-state index contributed by atoms with van der Waals surface area (Å²) in [4.78, 5) is 25.3. The zero-order chi connectivity index (χ0) is 20.4.